The number of hydrogen-bond donors (Lipinski definition) is 2. The molecular formula is C16H25NO2. The van der Waals surface area contributed by atoms with Crippen molar-refractivity contribution in [3.8, 4) is 5.75 Å². The molecule has 2 rings (SSSR count). The molecule has 0 radical (unpaired) electrons. The van der Waals surface area contributed by atoms with Gasteiger partial charge in [0.05, 0.1) is 0 Å². The van der Waals surface area contributed by atoms with Gasteiger partial charge in [-0.2, -0.15) is 0 Å². The average Bonchev–Trinajstić information content (AvgIpc) is 3.07. The Bertz CT molecular complexity index is 407. The van der Waals surface area contributed by atoms with Crippen LogP contribution < -0.4 is 10.1 Å². The Labute approximate surface area is 116 Å². The van der Waals surface area contributed by atoms with E-state index in [1.165, 1.54) is 12.8 Å². The second-order valence-electron chi connectivity index (χ2n) is 6.13. The van der Waals surface area contributed by atoms with Crippen molar-refractivity contribution in [2.75, 3.05) is 19.7 Å². The van der Waals surface area contributed by atoms with Crippen LogP contribution in [-0.4, -0.2) is 30.9 Å². The van der Waals surface area contributed by atoms with E-state index in [0.717, 1.165) is 23.4 Å². The molecule has 19 heavy (non-hydrogen) atoms. The van der Waals surface area contributed by atoms with Gasteiger partial charge in [-0.25, -0.2) is 0 Å². The molecule has 3 heteroatoms. The zero-order valence-electron chi connectivity index (χ0n) is 12.2. The molecule has 0 amide bonds. The summed E-state index contributed by atoms with van der Waals surface area (Å²) in [6.45, 7) is 8.27. The molecule has 1 aromatic rings. The lowest BCUT2D eigenvalue weighted by atomic mass is 10.1. The number of nitrogens with one attached hydrogen (secondary N) is 1. The lowest BCUT2D eigenvalue weighted by molar-refractivity contribution is 0.104. The summed E-state index contributed by atoms with van der Waals surface area (Å²) in [6.07, 6.45) is 2.14. The van der Waals surface area contributed by atoms with E-state index in [0.29, 0.717) is 18.6 Å². The van der Waals surface area contributed by atoms with Crippen LogP contribution in [0.1, 0.15) is 30.9 Å². The summed E-state index contributed by atoms with van der Waals surface area (Å²) in [5.74, 6) is 0.899. The largest absolute Gasteiger partial charge is 0.490 e. The molecule has 1 atom stereocenters. The van der Waals surface area contributed by atoms with Crippen molar-refractivity contribution >= 4 is 0 Å². The zero-order chi connectivity index (χ0) is 13.9. The van der Waals surface area contributed by atoms with E-state index in [9.17, 15) is 5.11 Å². The molecule has 0 aromatic heterocycles. The molecule has 2 N–H and O–H groups in total. The van der Waals surface area contributed by atoms with Crippen LogP contribution in [-0.2, 0) is 0 Å². The van der Waals surface area contributed by atoms with Crippen molar-refractivity contribution in [3.05, 3.63) is 29.3 Å². The van der Waals surface area contributed by atoms with E-state index >= 15 is 0 Å². The Kier molecular flexibility index (Phi) is 4.48. The Morgan fingerprint density at radius 1 is 1.32 bits per heavy atom. The summed E-state index contributed by atoms with van der Waals surface area (Å²) < 4.78 is 5.74. The van der Waals surface area contributed by atoms with Gasteiger partial charge in [0.25, 0.3) is 0 Å². The van der Waals surface area contributed by atoms with Gasteiger partial charge in [0.1, 0.15) is 18.5 Å². The fraction of sp³-hybridized carbons (Fsp3) is 0.625. The maximum atomic E-state index is 9.92. The SMILES string of the molecule is Cc1cccc(C)c1OCC(O)CNCC1(C)CC1. The molecule has 1 saturated carbocycles. The molecule has 1 aliphatic carbocycles. The number of rotatable bonds is 7. The van der Waals surface area contributed by atoms with Crippen molar-refractivity contribution in [2.45, 2.75) is 39.7 Å². The molecule has 1 fully saturated rings. The first-order valence-corrected chi connectivity index (χ1v) is 7.08. The Morgan fingerprint density at radius 3 is 2.53 bits per heavy atom. The predicted molar refractivity (Wildman–Crippen MR) is 77.6 cm³/mol. The van der Waals surface area contributed by atoms with Crippen LogP contribution in [0.4, 0.5) is 0 Å². The molecule has 3 nitrogen and oxygen atoms in total. The minimum atomic E-state index is -0.457. The Balaban J connectivity index is 1.72. The first kappa shape index (κ1) is 14.4. The monoisotopic (exact) mass is 263 g/mol. The van der Waals surface area contributed by atoms with Crippen molar-refractivity contribution in [3.63, 3.8) is 0 Å². The van der Waals surface area contributed by atoms with Crippen LogP contribution in [0, 0.1) is 19.3 Å². The maximum absolute atomic E-state index is 9.92. The average molecular weight is 263 g/mol. The predicted octanol–water partition coefficient (Wildman–Crippen LogP) is 2.43. The zero-order valence-corrected chi connectivity index (χ0v) is 12.2. The van der Waals surface area contributed by atoms with Gasteiger partial charge >= 0.3 is 0 Å². The van der Waals surface area contributed by atoms with Crippen molar-refractivity contribution in [1.29, 1.82) is 0 Å². The molecule has 106 valence electrons. The first-order valence-electron chi connectivity index (χ1n) is 7.08. The van der Waals surface area contributed by atoms with E-state index in [1.807, 2.05) is 32.0 Å². The number of hydrogen-bond acceptors (Lipinski definition) is 3. The van der Waals surface area contributed by atoms with Gasteiger partial charge in [-0.05, 0) is 43.2 Å². The highest BCUT2D eigenvalue weighted by Crippen LogP contribution is 2.43. The van der Waals surface area contributed by atoms with Crippen LogP contribution in [0.15, 0.2) is 18.2 Å². The van der Waals surface area contributed by atoms with E-state index in [4.69, 9.17) is 4.74 Å². The fourth-order valence-corrected chi connectivity index (χ4v) is 2.20. The third-order valence-corrected chi connectivity index (χ3v) is 3.86. The van der Waals surface area contributed by atoms with Crippen molar-refractivity contribution in [1.82, 2.24) is 5.32 Å². The lowest BCUT2D eigenvalue weighted by Crippen LogP contribution is -2.34. The summed E-state index contributed by atoms with van der Waals surface area (Å²) in [7, 11) is 0. The first-order chi connectivity index (χ1) is 9.00. The topological polar surface area (TPSA) is 41.5 Å². The van der Waals surface area contributed by atoms with Gasteiger partial charge in [0.15, 0.2) is 0 Å². The van der Waals surface area contributed by atoms with Crippen LogP contribution >= 0.6 is 0 Å². The molecule has 1 aromatic carbocycles. The summed E-state index contributed by atoms with van der Waals surface area (Å²) in [5.41, 5.74) is 2.71. The van der Waals surface area contributed by atoms with E-state index in [-0.39, 0.29) is 0 Å². The Hall–Kier alpha value is -1.06. The smallest absolute Gasteiger partial charge is 0.125 e. The quantitative estimate of drug-likeness (QED) is 0.794. The molecule has 0 spiro atoms. The highest BCUT2D eigenvalue weighted by Gasteiger charge is 2.36. The van der Waals surface area contributed by atoms with E-state index < -0.39 is 6.10 Å². The van der Waals surface area contributed by atoms with Gasteiger partial charge in [0.2, 0.25) is 0 Å². The minimum absolute atomic E-state index is 0.343. The number of aliphatic hydroxyl groups is 1. The highest BCUT2D eigenvalue weighted by molar-refractivity contribution is 5.39. The fourth-order valence-electron chi connectivity index (χ4n) is 2.20. The summed E-state index contributed by atoms with van der Waals surface area (Å²) in [6, 6.07) is 6.08. The maximum Gasteiger partial charge on any atom is 0.125 e. The van der Waals surface area contributed by atoms with Gasteiger partial charge < -0.3 is 15.2 Å². The van der Waals surface area contributed by atoms with Gasteiger partial charge in [-0.1, -0.05) is 25.1 Å². The summed E-state index contributed by atoms with van der Waals surface area (Å²) in [5, 5.41) is 13.2. The Morgan fingerprint density at radius 2 is 1.95 bits per heavy atom. The van der Waals surface area contributed by atoms with Crippen LogP contribution in [0.25, 0.3) is 0 Å². The highest BCUT2D eigenvalue weighted by atomic mass is 16.5. The summed E-state index contributed by atoms with van der Waals surface area (Å²) >= 11 is 0. The summed E-state index contributed by atoms with van der Waals surface area (Å²) in [4.78, 5) is 0. The molecule has 0 saturated heterocycles. The van der Waals surface area contributed by atoms with Gasteiger partial charge in [-0.15, -0.1) is 0 Å². The second-order valence-corrected chi connectivity index (χ2v) is 6.13. The number of ether oxygens (including phenoxy) is 1. The molecule has 0 bridgehead atoms. The van der Waals surface area contributed by atoms with E-state index in [1.54, 1.807) is 0 Å². The number of aryl methyl sites for hydroxylation is 2. The lowest BCUT2D eigenvalue weighted by Gasteiger charge is -2.17. The molecular weight excluding hydrogens is 238 g/mol. The van der Waals surface area contributed by atoms with Gasteiger partial charge in [-0.3, -0.25) is 0 Å². The normalized spacial score (nSPS) is 18.1. The van der Waals surface area contributed by atoms with Crippen LogP contribution in [0.5, 0.6) is 5.75 Å². The van der Waals surface area contributed by atoms with Gasteiger partial charge in [0, 0.05) is 13.1 Å². The molecule has 1 unspecified atom stereocenters. The molecule has 0 aliphatic heterocycles. The number of aliphatic hydroxyl groups excluding tert-OH is 1. The second kappa shape index (κ2) is 5.93. The molecule has 1 aliphatic rings. The third-order valence-electron chi connectivity index (χ3n) is 3.86. The third kappa shape index (κ3) is 4.22. The van der Waals surface area contributed by atoms with E-state index in [2.05, 4.69) is 12.2 Å². The standard InChI is InChI=1S/C16H25NO2/c1-12-5-4-6-13(2)15(12)19-10-14(18)9-17-11-16(3)7-8-16/h4-6,14,17-18H,7-11H2,1-3H3. The van der Waals surface area contributed by atoms with Crippen molar-refractivity contribution in [2.24, 2.45) is 5.41 Å². The number of benzene rings is 1. The number of para-hydroxylation sites is 1. The van der Waals surface area contributed by atoms with Crippen LogP contribution in [0.3, 0.4) is 0 Å². The van der Waals surface area contributed by atoms with Crippen LogP contribution in [0.2, 0.25) is 0 Å². The van der Waals surface area contributed by atoms with Crippen molar-refractivity contribution < 1.29 is 9.84 Å². The molecule has 0 heterocycles. The minimum Gasteiger partial charge on any atom is -0.490 e.